The number of fused-ring (bicyclic) bond motifs is 3. The molecule has 1 aliphatic rings. The fourth-order valence-corrected chi connectivity index (χ4v) is 2.77. The van der Waals surface area contributed by atoms with Crippen molar-refractivity contribution in [2.75, 3.05) is 11.6 Å². The van der Waals surface area contributed by atoms with Gasteiger partial charge < -0.3 is 4.98 Å². The molecule has 0 unspecified atom stereocenters. The summed E-state index contributed by atoms with van der Waals surface area (Å²) in [4.78, 5) is 7.77. The highest BCUT2D eigenvalue weighted by atomic mass is 15.5. The maximum atomic E-state index is 4.40. The van der Waals surface area contributed by atoms with Crippen molar-refractivity contribution in [3.63, 3.8) is 0 Å². The van der Waals surface area contributed by atoms with Gasteiger partial charge in [-0.05, 0) is 18.1 Å². The van der Waals surface area contributed by atoms with Crippen LogP contribution in [0.3, 0.4) is 0 Å². The van der Waals surface area contributed by atoms with E-state index in [0.717, 1.165) is 30.0 Å². The van der Waals surface area contributed by atoms with Crippen LogP contribution >= 0.6 is 0 Å². The molecule has 0 atom stereocenters. The lowest BCUT2D eigenvalue weighted by Crippen LogP contribution is -2.40. The van der Waals surface area contributed by atoms with E-state index in [1.807, 2.05) is 12.1 Å². The molecule has 0 bridgehead atoms. The summed E-state index contributed by atoms with van der Waals surface area (Å²) < 4.78 is 0. The Labute approximate surface area is 123 Å². The number of aliphatic imine (C=N–C) groups is 1. The minimum absolute atomic E-state index is 0.894. The second-order valence-corrected chi connectivity index (χ2v) is 5.14. The summed E-state index contributed by atoms with van der Waals surface area (Å²) in [7, 11) is 0. The zero-order valence-corrected chi connectivity index (χ0v) is 11.6. The topological polar surface area (TPSA) is 43.4 Å². The van der Waals surface area contributed by atoms with Crippen LogP contribution in [0.4, 0.5) is 11.5 Å². The van der Waals surface area contributed by atoms with Crippen LogP contribution < -0.4 is 10.4 Å². The summed E-state index contributed by atoms with van der Waals surface area (Å²) in [6.07, 6.45) is 2.73. The number of nitrogens with one attached hydrogen (secondary N) is 2. The predicted molar refractivity (Wildman–Crippen MR) is 87.1 cm³/mol. The quantitative estimate of drug-likeness (QED) is 0.770. The molecule has 0 aliphatic carbocycles. The third-order valence-electron chi connectivity index (χ3n) is 3.80. The Bertz CT molecular complexity index is 789. The monoisotopic (exact) mass is 276 g/mol. The lowest BCUT2D eigenvalue weighted by molar-refractivity contribution is 0.755. The van der Waals surface area contributed by atoms with Crippen LogP contribution in [0, 0.1) is 0 Å². The van der Waals surface area contributed by atoms with Crippen LogP contribution in [0.2, 0.25) is 0 Å². The van der Waals surface area contributed by atoms with E-state index in [2.05, 4.69) is 62.9 Å². The summed E-state index contributed by atoms with van der Waals surface area (Å²) in [5, 5.41) is 3.36. The first-order valence-corrected chi connectivity index (χ1v) is 7.13. The van der Waals surface area contributed by atoms with E-state index in [0.29, 0.717) is 0 Å². The maximum absolute atomic E-state index is 4.40. The molecule has 0 saturated heterocycles. The van der Waals surface area contributed by atoms with Gasteiger partial charge in [-0.2, -0.15) is 0 Å². The number of aromatic nitrogens is 1. The average Bonchev–Trinajstić information content (AvgIpc) is 2.93. The van der Waals surface area contributed by atoms with Gasteiger partial charge in [-0.3, -0.25) is 10.4 Å². The van der Waals surface area contributed by atoms with Crippen molar-refractivity contribution >= 4 is 28.7 Å². The van der Waals surface area contributed by atoms with E-state index in [-0.39, 0.29) is 0 Å². The Kier molecular flexibility index (Phi) is 2.85. The van der Waals surface area contributed by atoms with Crippen LogP contribution in [-0.2, 0) is 6.42 Å². The molecule has 0 amide bonds. The number of aromatic amines is 1. The molecule has 2 N–H and O–H groups in total. The first-order chi connectivity index (χ1) is 10.4. The van der Waals surface area contributed by atoms with Crippen molar-refractivity contribution in [1.82, 2.24) is 10.4 Å². The lowest BCUT2D eigenvalue weighted by Gasteiger charge is -2.26. The van der Waals surface area contributed by atoms with E-state index < -0.39 is 0 Å². The van der Waals surface area contributed by atoms with E-state index >= 15 is 0 Å². The van der Waals surface area contributed by atoms with Crippen molar-refractivity contribution in [1.29, 1.82) is 0 Å². The first-order valence-electron chi connectivity index (χ1n) is 7.13. The average molecular weight is 276 g/mol. The lowest BCUT2D eigenvalue weighted by atomic mass is 10.1. The van der Waals surface area contributed by atoms with Crippen LogP contribution in [-0.4, -0.2) is 17.9 Å². The molecule has 2 aromatic carbocycles. The second kappa shape index (κ2) is 4.98. The van der Waals surface area contributed by atoms with Gasteiger partial charge in [-0.15, -0.1) is 0 Å². The van der Waals surface area contributed by atoms with Crippen LogP contribution in [0.15, 0.2) is 59.6 Å². The fourth-order valence-electron chi connectivity index (χ4n) is 2.77. The summed E-state index contributed by atoms with van der Waals surface area (Å²) in [6, 6.07) is 18.8. The van der Waals surface area contributed by atoms with Gasteiger partial charge >= 0.3 is 0 Å². The molecule has 1 aromatic heterocycles. The van der Waals surface area contributed by atoms with E-state index in [4.69, 9.17) is 0 Å². The molecular weight excluding hydrogens is 260 g/mol. The van der Waals surface area contributed by atoms with Crippen molar-refractivity contribution in [3.8, 4) is 0 Å². The largest absolute Gasteiger partial charge is 0.338 e. The van der Waals surface area contributed by atoms with Crippen LogP contribution in [0.25, 0.3) is 10.9 Å². The standard InChI is InChI=1S/C17H16N4/c1-2-6-13(7-3-1)10-11-21-16-14-8-4-5-9-15(14)20-17(16)18-12-19-21/h1-9,12,20H,10-11H2,(H,18,19). The molecule has 3 aromatic rings. The predicted octanol–water partition coefficient (Wildman–Crippen LogP) is 3.40. The van der Waals surface area contributed by atoms with Gasteiger partial charge in [0.1, 0.15) is 12.0 Å². The summed E-state index contributed by atoms with van der Waals surface area (Å²) in [5.41, 5.74) is 6.83. The number of hydrogen-bond acceptors (Lipinski definition) is 3. The maximum Gasteiger partial charge on any atom is 0.158 e. The molecule has 0 radical (unpaired) electrons. The van der Waals surface area contributed by atoms with Gasteiger partial charge in [0, 0.05) is 17.4 Å². The summed E-state index contributed by atoms with van der Waals surface area (Å²) in [6.45, 7) is 0.894. The molecule has 1 aliphatic heterocycles. The number of para-hydroxylation sites is 1. The number of hydrogen-bond donors (Lipinski definition) is 2. The van der Waals surface area contributed by atoms with Crippen molar-refractivity contribution in [2.24, 2.45) is 4.99 Å². The van der Waals surface area contributed by atoms with Gasteiger partial charge in [0.05, 0.1) is 0 Å². The fraction of sp³-hybridized carbons (Fsp3) is 0.118. The molecule has 4 heteroatoms. The third-order valence-corrected chi connectivity index (χ3v) is 3.80. The zero-order chi connectivity index (χ0) is 14.1. The van der Waals surface area contributed by atoms with Crippen molar-refractivity contribution < 1.29 is 0 Å². The number of benzene rings is 2. The number of rotatable bonds is 3. The van der Waals surface area contributed by atoms with Gasteiger partial charge in [0.15, 0.2) is 5.82 Å². The van der Waals surface area contributed by atoms with Crippen molar-refractivity contribution in [2.45, 2.75) is 6.42 Å². The number of hydrazine groups is 1. The number of nitrogens with zero attached hydrogens (tertiary/aromatic N) is 2. The number of anilines is 1. The van der Waals surface area contributed by atoms with E-state index in [1.165, 1.54) is 10.9 Å². The normalized spacial score (nSPS) is 13.2. The summed E-state index contributed by atoms with van der Waals surface area (Å²) >= 11 is 0. The Morgan fingerprint density at radius 3 is 2.67 bits per heavy atom. The van der Waals surface area contributed by atoms with Crippen LogP contribution in [0.5, 0.6) is 0 Å². The molecule has 4 nitrogen and oxygen atoms in total. The molecule has 0 fully saturated rings. The number of H-pyrrole nitrogens is 1. The molecule has 2 heterocycles. The summed E-state index contributed by atoms with van der Waals surface area (Å²) in [5.74, 6) is 0.919. The Balaban J connectivity index is 1.65. The minimum atomic E-state index is 0.894. The highest BCUT2D eigenvalue weighted by molar-refractivity contribution is 6.01. The van der Waals surface area contributed by atoms with Crippen LogP contribution in [0.1, 0.15) is 5.56 Å². The van der Waals surface area contributed by atoms with Gasteiger partial charge in [0.2, 0.25) is 0 Å². The Morgan fingerprint density at radius 1 is 0.952 bits per heavy atom. The van der Waals surface area contributed by atoms with Gasteiger partial charge in [0.25, 0.3) is 0 Å². The van der Waals surface area contributed by atoms with Gasteiger partial charge in [-0.25, -0.2) is 4.99 Å². The van der Waals surface area contributed by atoms with E-state index in [9.17, 15) is 0 Å². The molecular formula is C17H16N4. The zero-order valence-electron chi connectivity index (χ0n) is 11.6. The Hall–Kier alpha value is -2.75. The molecule has 104 valence electrons. The third kappa shape index (κ3) is 2.14. The van der Waals surface area contributed by atoms with Gasteiger partial charge in [-0.1, -0.05) is 48.5 Å². The highest BCUT2D eigenvalue weighted by Gasteiger charge is 2.19. The molecule has 4 rings (SSSR count). The van der Waals surface area contributed by atoms with Crippen molar-refractivity contribution in [3.05, 3.63) is 60.2 Å². The molecule has 21 heavy (non-hydrogen) atoms. The molecule has 0 spiro atoms. The first kappa shape index (κ1) is 12.0. The Morgan fingerprint density at radius 2 is 1.76 bits per heavy atom. The van der Waals surface area contributed by atoms with E-state index in [1.54, 1.807) is 6.34 Å². The minimum Gasteiger partial charge on any atom is -0.338 e. The SMILES string of the molecule is C1=Nc2[nH]c3ccccc3c2N(CCc2ccccc2)N1. The smallest absolute Gasteiger partial charge is 0.158 e. The highest BCUT2D eigenvalue weighted by Crippen LogP contribution is 2.37. The molecule has 0 saturated carbocycles. The second-order valence-electron chi connectivity index (χ2n) is 5.14.